The molecule has 0 aromatic carbocycles. The summed E-state index contributed by atoms with van der Waals surface area (Å²) >= 11 is 0. The number of carbonyl (C=O) groups excluding carboxylic acids is 1. The average molecular weight is 133 g/mol. The predicted octanol–water partition coefficient (Wildman–Crippen LogP) is -1.90. The van der Waals surface area contributed by atoms with E-state index in [4.69, 9.17) is 10.8 Å². The zero-order valence-electron chi connectivity index (χ0n) is 4.57. The Kier molecular flexibility index (Phi) is 3.49. The van der Waals surface area contributed by atoms with Gasteiger partial charge in [-0.3, -0.25) is 4.79 Å². The Morgan fingerprint density at radius 2 is 2.44 bits per heavy atom. The maximum absolute atomic E-state index is 10.3. The molecule has 1 atom stereocenters. The van der Waals surface area contributed by atoms with Gasteiger partial charge in [-0.25, -0.2) is 5.43 Å². The van der Waals surface area contributed by atoms with Crippen LogP contribution in [0, 0.1) is 4.91 Å². The third-order valence-corrected chi connectivity index (χ3v) is 0.689. The highest BCUT2D eigenvalue weighted by molar-refractivity contribution is 5.81. The lowest BCUT2D eigenvalue weighted by atomic mass is 10.3. The van der Waals surface area contributed by atoms with Gasteiger partial charge in [-0.05, 0) is 0 Å². The molecule has 1 unspecified atom stereocenters. The summed E-state index contributed by atoms with van der Waals surface area (Å²) in [4.78, 5) is 19.6. The van der Waals surface area contributed by atoms with Crippen molar-refractivity contribution in [2.24, 2.45) is 11.0 Å². The molecular weight excluding hydrogens is 126 g/mol. The van der Waals surface area contributed by atoms with E-state index in [9.17, 15) is 9.70 Å². The van der Waals surface area contributed by atoms with Gasteiger partial charge in [-0.2, -0.15) is 0 Å². The first-order valence-electron chi connectivity index (χ1n) is 2.21. The number of nitrogens with two attached hydrogens (primary N) is 1. The Balaban J connectivity index is 3.58. The number of nitroso groups, excluding NO2 is 1. The number of hydrogen-bond acceptors (Lipinski definition) is 5. The molecule has 0 aromatic heterocycles. The lowest BCUT2D eigenvalue weighted by Crippen LogP contribution is -2.40. The molecule has 6 heteroatoms. The van der Waals surface area contributed by atoms with Gasteiger partial charge >= 0.3 is 0 Å². The highest BCUT2D eigenvalue weighted by Gasteiger charge is 2.10. The standard InChI is InChI=1S/C3H7N3O3/c4-2(1-7)3(8)5-6-9/h2,7H,1,4H2,(H,5,8,9). The number of nitrogens with zero attached hydrogens (tertiary/aromatic N) is 1. The van der Waals surface area contributed by atoms with Crippen LogP contribution in [0.5, 0.6) is 0 Å². The molecule has 52 valence electrons. The van der Waals surface area contributed by atoms with Crippen molar-refractivity contribution in [3.8, 4) is 0 Å². The van der Waals surface area contributed by atoms with Crippen LogP contribution < -0.4 is 11.2 Å². The van der Waals surface area contributed by atoms with Gasteiger partial charge in [-0.1, -0.05) is 0 Å². The van der Waals surface area contributed by atoms with Gasteiger partial charge in [0, 0.05) is 0 Å². The number of aliphatic hydroxyl groups excluding tert-OH is 1. The summed E-state index contributed by atoms with van der Waals surface area (Å²) in [5, 5.41) is 10.3. The van der Waals surface area contributed by atoms with E-state index in [0.29, 0.717) is 0 Å². The van der Waals surface area contributed by atoms with Crippen LogP contribution in [-0.2, 0) is 4.79 Å². The van der Waals surface area contributed by atoms with Gasteiger partial charge in [0.05, 0.1) is 11.9 Å². The molecule has 0 aromatic rings. The van der Waals surface area contributed by atoms with Crippen LogP contribution in [0.25, 0.3) is 0 Å². The minimum Gasteiger partial charge on any atom is -0.394 e. The van der Waals surface area contributed by atoms with Crippen molar-refractivity contribution in [3.63, 3.8) is 0 Å². The van der Waals surface area contributed by atoms with Crippen LogP contribution in [0.15, 0.2) is 5.29 Å². The van der Waals surface area contributed by atoms with Crippen molar-refractivity contribution in [2.45, 2.75) is 6.04 Å². The van der Waals surface area contributed by atoms with Gasteiger partial charge in [0.25, 0.3) is 5.91 Å². The van der Waals surface area contributed by atoms with Crippen molar-refractivity contribution in [1.29, 1.82) is 0 Å². The molecule has 6 nitrogen and oxygen atoms in total. The van der Waals surface area contributed by atoms with Crippen LogP contribution in [0.4, 0.5) is 0 Å². The molecule has 0 heterocycles. The van der Waals surface area contributed by atoms with Crippen molar-refractivity contribution in [3.05, 3.63) is 4.91 Å². The highest BCUT2D eigenvalue weighted by atomic mass is 16.3. The fourth-order valence-electron chi connectivity index (χ4n) is 0.211. The zero-order chi connectivity index (χ0) is 7.28. The monoisotopic (exact) mass is 133 g/mol. The van der Waals surface area contributed by atoms with Crippen molar-refractivity contribution < 1.29 is 9.90 Å². The predicted molar refractivity (Wildman–Crippen MR) is 29.0 cm³/mol. The SMILES string of the molecule is NC(CO)C(=O)NN=O. The molecular formula is C3H7N3O3. The van der Waals surface area contributed by atoms with Crippen LogP contribution in [0.3, 0.4) is 0 Å². The van der Waals surface area contributed by atoms with E-state index in [0.717, 1.165) is 0 Å². The van der Waals surface area contributed by atoms with Crippen LogP contribution in [0.1, 0.15) is 0 Å². The van der Waals surface area contributed by atoms with E-state index in [2.05, 4.69) is 5.29 Å². The summed E-state index contributed by atoms with van der Waals surface area (Å²) < 4.78 is 0. The van der Waals surface area contributed by atoms with Gasteiger partial charge in [0.15, 0.2) is 0 Å². The largest absolute Gasteiger partial charge is 0.394 e. The number of carbonyl (C=O) groups is 1. The van der Waals surface area contributed by atoms with Crippen molar-refractivity contribution in [1.82, 2.24) is 5.43 Å². The first kappa shape index (κ1) is 7.99. The molecule has 0 saturated carbocycles. The van der Waals surface area contributed by atoms with Crippen LogP contribution in [0.2, 0.25) is 0 Å². The molecule has 0 aliphatic heterocycles. The molecule has 4 N–H and O–H groups in total. The smallest absolute Gasteiger partial charge is 0.261 e. The van der Waals surface area contributed by atoms with Crippen LogP contribution >= 0.6 is 0 Å². The molecule has 0 saturated heterocycles. The number of aliphatic hydroxyl groups is 1. The Labute approximate surface area is 51.0 Å². The molecule has 0 aliphatic carbocycles. The summed E-state index contributed by atoms with van der Waals surface area (Å²) in [6.45, 7) is -0.499. The summed E-state index contributed by atoms with van der Waals surface area (Å²) in [6, 6.07) is -1.07. The van der Waals surface area contributed by atoms with E-state index >= 15 is 0 Å². The molecule has 9 heavy (non-hydrogen) atoms. The summed E-state index contributed by atoms with van der Waals surface area (Å²) in [6.07, 6.45) is 0. The van der Waals surface area contributed by atoms with E-state index < -0.39 is 18.6 Å². The fraction of sp³-hybridized carbons (Fsp3) is 0.667. The second kappa shape index (κ2) is 3.93. The molecule has 0 radical (unpaired) electrons. The summed E-state index contributed by atoms with van der Waals surface area (Å²) in [5.74, 6) is -0.785. The molecule has 0 fully saturated rings. The fourth-order valence-corrected chi connectivity index (χ4v) is 0.211. The minimum atomic E-state index is -1.07. The zero-order valence-corrected chi connectivity index (χ0v) is 4.57. The number of hydrogen-bond donors (Lipinski definition) is 3. The van der Waals surface area contributed by atoms with Crippen LogP contribution in [-0.4, -0.2) is 23.7 Å². The Morgan fingerprint density at radius 1 is 1.89 bits per heavy atom. The van der Waals surface area contributed by atoms with E-state index in [1.54, 1.807) is 5.43 Å². The number of nitrogens with one attached hydrogen (secondary N) is 1. The number of rotatable bonds is 3. The van der Waals surface area contributed by atoms with Gasteiger partial charge in [0.2, 0.25) is 0 Å². The molecule has 0 aliphatic rings. The Morgan fingerprint density at radius 3 is 2.78 bits per heavy atom. The van der Waals surface area contributed by atoms with Gasteiger partial charge < -0.3 is 10.8 Å². The van der Waals surface area contributed by atoms with Gasteiger partial charge in [-0.15, -0.1) is 4.91 Å². The summed E-state index contributed by atoms with van der Waals surface area (Å²) in [7, 11) is 0. The molecule has 0 bridgehead atoms. The molecule has 0 spiro atoms. The normalized spacial score (nSPS) is 12.2. The van der Waals surface area contributed by atoms with E-state index in [1.807, 2.05) is 0 Å². The average Bonchev–Trinajstić information content (AvgIpc) is 1.87. The van der Waals surface area contributed by atoms with Gasteiger partial charge in [0.1, 0.15) is 6.04 Å². The Bertz CT molecular complexity index is 115. The number of amides is 1. The lowest BCUT2D eigenvalue weighted by Gasteiger charge is -2.01. The second-order valence-electron chi connectivity index (χ2n) is 1.36. The topological polar surface area (TPSA) is 105 Å². The Hall–Kier alpha value is -1.01. The molecule has 1 amide bonds. The maximum Gasteiger partial charge on any atom is 0.261 e. The quantitative estimate of drug-likeness (QED) is 0.309. The highest BCUT2D eigenvalue weighted by Crippen LogP contribution is 1.74. The first-order chi connectivity index (χ1) is 4.22. The third-order valence-electron chi connectivity index (χ3n) is 0.689. The minimum absolute atomic E-state index is 0.499. The maximum atomic E-state index is 10.3. The first-order valence-corrected chi connectivity index (χ1v) is 2.21. The van der Waals surface area contributed by atoms with Crippen molar-refractivity contribution in [2.75, 3.05) is 6.61 Å². The van der Waals surface area contributed by atoms with E-state index in [1.165, 1.54) is 0 Å². The third kappa shape index (κ3) is 2.73. The van der Waals surface area contributed by atoms with E-state index in [-0.39, 0.29) is 0 Å². The lowest BCUT2D eigenvalue weighted by molar-refractivity contribution is -0.123. The van der Waals surface area contributed by atoms with Crippen molar-refractivity contribution >= 4 is 5.91 Å². The second-order valence-corrected chi connectivity index (χ2v) is 1.36. The molecule has 0 rings (SSSR count). The summed E-state index contributed by atoms with van der Waals surface area (Å²) in [5.41, 5.74) is 6.48.